The molecule has 5 heteroatoms. The van der Waals surface area contributed by atoms with E-state index in [0.29, 0.717) is 5.56 Å². The van der Waals surface area contributed by atoms with Gasteiger partial charge in [0.1, 0.15) is 5.75 Å². The average molecular weight is 313 g/mol. The van der Waals surface area contributed by atoms with E-state index in [0.717, 1.165) is 38.1 Å². The molecule has 1 aromatic carbocycles. The molecular formula is C16H25ClN2O2. The molecule has 0 aliphatic carbocycles. The van der Waals surface area contributed by atoms with Crippen molar-refractivity contribution in [1.29, 1.82) is 0 Å². The Morgan fingerprint density at radius 3 is 2.71 bits per heavy atom. The number of carbonyl (C=O) groups excluding carboxylic acids is 1. The lowest BCUT2D eigenvalue weighted by molar-refractivity contribution is 0.0930. The highest BCUT2D eigenvalue weighted by molar-refractivity contribution is 5.94. The molecule has 1 saturated heterocycles. The van der Waals surface area contributed by atoms with E-state index >= 15 is 0 Å². The standard InChI is InChI=1S/C16H24N2O2.ClH/c1-3-12(2)20-15-8-6-13(7-9-15)16(19)18-14-5-4-10-17-11-14;/h6-9,12,14,17H,3-5,10-11H2,1-2H3,(H,18,19);1H. The van der Waals surface area contributed by atoms with Crippen LogP contribution in [0.15, 0.2) is 24.3 Å². The van der Waals surface area contributed by atoms with Gasteiger partial charge in [-0.05, 0) is 57.0 Å². The molecule has 118 valence electrons. The number of nitrogens with one attached hydrogen (secondary N) is 2. The van der Waals surface area contributed by atoms with Crippen molar-refractivity contribution in [2.75, 3.05) is 13.1 Å². The van der Waals surface area contributed by atoms with Crippen LogP contribution in [0.5, 0.6) is 5.75 Å². The molecular weight excluding hydrogens is 288 g/mol. The summed E-state index contributed by atoms with van der Waals surface area (Å²) in [4.78, 5) is 12.1. The summed E-state index contributed by atoms with van der Waals surface area (Å²) in [6.45, 7) is 6.04. The molecule has 1 heterocycles. The fourth-order valence-electron chi connectivity index (χ4n) is 2.24. The Bertz CT molecular complexity index is 430. The van der Waals surface area contributed by atoms with Crippen molar-refractivity contribution in [3.05, 3.63) is 29.8 Å². The summed E-state index contributed by atoms with van der Waals surface area (Å²) in [5, 5.41) is 6.36. The third-order valence-electron chi connectivity index (χ3n) is 3.66. The van der Waals surface area contributed by atoms with Gasteiger partial charge < -0.3 is 15.4 Å². The van der Waals surface area contributed by atoms with Crippen LogP contribution in [-0.4, -0.2) is 31.1 Å². The molecule has 0 spiro atoms. The summed E-state index contributed by atoms with van der Waals surface area (Å²) in [6, 6.07) is 7.61. The van der Waals surface area contributed by atoms with Gasteiger partial charge >= 0.3 is 0 Å². The van der Waals surface area contributed by atoms with Crippen molar-refractivity contribution >= 4 is 18.3 Å². The number of piperidine rings is 1. The molecule has 4 nitrogen and oxygen atoms in total. The van der Waals surface area contributed by atoms with Gasteiger partial charge in [0.05, 0.1) is 6.10 Å². The van der Waals surface area contributed by atoms with E-state index in [9.17, 15) is 4.79 Å². The van der Waals surface area contributed by atoms with Gasteiger partial charge in [-0.25, -0.2) is 0 Å². The van der Waals surface area contributed by atoms with Crippen molar-refractivity contribution in [1.82, 2.24) is 10.6 Å². The quantitative estimate of drug-likeness (QED) is 0.879. The zero-order valence-corrected chi connectivity index (χ0v) is 13.5. The van der Waals surface area contributed by atoms with Crippen LogP contribution >= 0.6 is 12.4 Å². The number of halogens is 1. The van der Waals surface area contributed by atoms with Gasteiger partial charge in [0.15, 0.2) is 0 Å². The second-order valence-electron chi connectivity index (χ2n) is 5.38. The van der Waals surface area contributed by atoms with Crippen molar-refractivity contribution < 1.29 is 9.53 Å². The SMILES string of the molecule is CCC(C)Oc1ccc(C(=O)NC2CCCNC2)cc1.Cl. The van der Waals surface area contributed by atoms with Gasteiger partial charge in [0.25, 0.3) is 5.91 Å². The predicted octanol–water partition coefficient (Wildman–Crippen LogP) is 2.77. The predicted molar refractivity (Wildman–Crippen MR) is 87.4 cm³/mol. The van der Waals surface area contributed by atoms with Crippen LogP contribution in [0.2, 0.25) is 0 Å². The topological polar surface area (TPSA) is 50.4 Å². The lowest BCUT2D eigenvalue weighted by Gasteiger charge is -2.23. The van der Waals surface area contributed by atoms with Crippen LogP contribution in [-0.2, 0) is 0 Å². The molecule has 21 heavy (non-hydrogen) atoms. The van der Waals surface area contributed by atoms with E-state index in [2.05, 4.69) is 17.6 Å². The summed E-state index contributed by atoms with van der Waals surface area (Å²) in [7, 11) is 0. The lowest BCUT2D eigenvalue weighted by Crippen LogP contribution is -2.45. The molecule has 0 bridgehead atoms. The molecule has 2 atom stereocenters. The molecule has 1 fully saturated rings. The van der Waals surface area contributed by atoms with Crippen molar-refractivity contribution in [2.24, 2.45) is 0 Å². The largest absolute Gasteiger partial charge is 0.491 e. The van der Waals surface area contributed by atoms with Crippen LogP contribution in [0.25, 0.3) is 0 Å². The van der Waals surface area contributed by atoms with Crippen LogP contribution in [0.3, 0.4) is 0 Å². The molecule has 0 saturated carbocycles. The van der Waals surface area contributed by atoms with Crippen LogP contribution in [0.1, 0.15) is 43.5 Å². The zero-order valence-electron chi connectivity index (χ0n) is 12.7. The minimum Gasteiger partial charge on any atom is -0.491 e. The number of hydrogen-bond donors (Lipinski definition) is 2. The van der Waals surface area contributed by atoms with Crippen molar-refractivity contribution in [3.63, 3.8) is 0 Å². The molecule has 2 N–H and O–H groups in total. The minimum atomic E-state index is -0.00575. The van der Waals surface area contributed by atoms with E-state index in [1.54, 1.807) is 0 Å². The summed E-state index contributed by atoms with van der Waals surface area (Å²) in [6.07, 6.45) is 3.33. The van der Waals surface area contributed by atoms with Gasteiger partial charge in [0.2, 0.25) is 0 Å². The van der Waals surface area contributed by atoms with Crippen LogP contribution in [0.4, 0.5) is 0 Å². The number of benzene rings is 1. The number of amides is 1. The zero-order chi connectivity index (χ0) is 14.4. The molecule has 0 aromatic heterocycles. The highest BCUT2D eigenvalue weighted by Crippen LogP contribution is 2.15. The smallest absolute Gasteiger partial charge is 0.251 e. The van der Waals surface area contributed by atoms with E-state index < -0.39 is 0 Å². The maximum Gasteiger partial charge on any atom is 0.251 e. The molecule has 1 aliphatic rings. The fourth-order valence-corrected chi connectivity index (χ4v) is 2.24. The summed E-state index contributed by atoms with van der Waals surface area (Å²) < 4.78 is 5.71. The molecule has 2 rings (SSSR count). The Balaban J connectivity index is 0.00000220. The van der Waals surface area contributed by atoms with Gasteiger partial charge in [-0.1, -0.05) is 6.92 Å². The Morgan fingerprint density at radius 1 is 1.43 bits per heavy atom. The molecule has 1 amide bonds. The number of ether oxygens (including phenoxy) is 1. The van der Waals surface area contributed by atoms with E-state index in [-0.39, 0.29) is 30.5 Å². The third kappa shape index (κ3) is 5.56. The molecule has 0 radical (unpaired) electrons. The van der Waals surface area contributed by atoms with Gasteiger partial charge in [0, 0.05) is 18.2 Å². The summed E-state index contributed by atoms with van der Waals surface area (Å²) in [5.41, 5.74) is 0.687. The fraction of sp³-hybridized carbons (Fsp3) is 0.562. The highest BCUT2D eigenvalue weighted by Gasteiger charge is 2.16. The van der Waals surface area contributed by atoms with Gasteiger partial charge in [-0.2, -0.15) is 0 Å². The van der Waals surface area contributed by atoms with Gasteiger partial charge in [-0.15, -0.1) is 12.4 Å². The number of hydrogen-bond acceptors (Lipinski definition) is 3. The second kappa shape index (κ2) is 8.90. The number of rotatable bonds is 5. The van der Waals surface area contributed by atoms with Crippen molar-refractivity contribution in [3.8, 4) is 5.75 Å². The Labute approximate surface area is 133 Å². The normalized spacial score (nSPS) is 19.2. The summed E-state index contributed by atoms with van der Waals surface area (Å²) in [5.74, 6) is 0.809. The van der Waals surface area contributed by atoms with Gasteiger partial charge in [-0.3, -0.25) is 4.79 Å². The Hall–Kier alpha value is -1.26. The minimum absolute atomic E-state index is 0. The third-order valence-corrected chi connectivity index (χ3v) is 3.66. The van der Waals surface area contributed by atoms with E-state index in [1.807, 2.05) is 31.2 Å². The first-order valence-corrected chi connectivity index (χ1v) is 7.47. The first-order valence-electron chi connectivity index (χ1n) is 7.47. The van der Waals surface area contributed by atoms with Crippen LogP contribution < -0.4 is 15.4 Å². The number of carbonyl (C=O) groups is 1. The second-order valence-corrected chi connectivity index (χ2v) is 5.38. The first-order chi connectivity index (χ1) is 9.69. The average Bonchev–Trinajstić information content (AvgIpc) is 2.49. The van der Waals surface area contributed by atoms with E-state index in [1.165, 1.54) is 0 Å². The summed E-state index contributed by atoms with van der Waals surface area (Å²) >= 11 is 0. The molecule has 1 aliphatic heterocycles. The monoisotopic (exact) mass is 312 g/mol. The van der Waals surface area contributed by atoms with E-state index in [4.69, 9.17) is 4.74 Å². The lowest BCUT2D eigenvalue weighted by atomic mass is 10.1. The maximum atomic E-state index is 12.1. The Morgan fingerprint density at radius 2 is 2.14 bits per heavy atom. The molecule has 2 unspecified atom stereocenters. The first kappa shape index (κ1) is 17.8. The molecule has 1 aromatic rings. The van der Waals surface area contributed by atoms with Crippen molar-refractivity contribution in [2.45, 2.75) is 45.3 Å². The highest BCUT2D eigenvalue weighted by atomic mass is 35.5. The maximum absolute atomic E-state index is 12.1. The van der Waals surface area contributed by atoms with Crippen LogP contribution in [0, 0.1) is 0 Å². The Kier molecular flexibility index (Phi) is 7.54.